The summed E-state index contributed by atoms with van der Waals surface area (Å²) in [5.74, 6) is -0.213. The Hall–Kier alpha value is -1.40. The van der Waals surface area contributed by atoms with Gasteiger partial charge in [-0.05, 0) is 26.8 Å². The largest absolute Gasteiger partial charge is 0.468 e. The van der Waals surface area contributed by atoms with E-state index in [-0.39, 0.29) is 12.0 Å². The summed E-state index contributed by atoms with van der Waals surface area (Å²) in [5.41, 5.74) is 2.75. The van der Waals surface area contributed by atoms with Crippen molar-refractivity contribution < 1.29 is 9.53 Å². The lowest BCUT2D eigenvalue weighted by Gasteiger charge is -2.28. The molecule has 1 fully saturated rings. The van der Waals surface area contributed by atoms with E-state index in [4.69, 9.17) is 4.74 Å². The van der Waals surface area contributed by atoms with Gasteiger partial charge in [-0.3, -0.25) is 10.00 Å². The molecule has 0 spiro atoms. The Morgan fingerprint density at radius 2 is 2.16 bits per heavy atom. The van der Waals surface area contributed by atoms with Gasteiger partial charge < -0.3 is 10.1 Å². The predicted octanol–water partition coefficient (Wildman–Crippen LogP) is 0.536. The lowest BCUT2D eigenvalue weighted by atomic mass is 10.0. The first kappa shape index (κ1) is 14.0. The van der Waals surface area contributed by atoms with Crippen LogP contribution in [0.25, 0.3) is 0 Å². The van der Waals surface area contributed by atoms with Crippen LogP contribution in [-0.2, 0) is 9.53 Å². The highest BCUT2D eigenvalue weighted by molar-refractivity contribution is 5.78. The minimum Gasteiger partial charge on any atom is -0.468 e. The fourth-order valence-electron chi connectivity index (χ4n) is 2.65. The number of nitrogens with zero attached hydrogens (tertiary/aromatic N) is 2. The number of hydrogen-bond donors (Lipinski definition) is 2. The number of methoxy groups -OCH3 is 1. The molecule has 19 heavy (non-hydrogen) atoms. The van der Waals surface area contributed by atoms with Crippen molar-refractivity contribution in [2.24, 2.45) is 0 Å². The zero-order valence-electron chi connectivity index (χ0n) is 11.8. The molecule has 1 aliphatic rings. The molecule has 0 aliphatic carbocycles. The van der Waals surface area contributed by atoms with Crippen molar-refractivity contribution in [2.45, 2.75) is 26.3 Å². The number of carbonyl (C=O) groups is 1. The van der Waals surface area contributed by atoms with E-state index in [0.717, 1.165) is 49.6 Å². The summed E-state index contributed by atoms with van der Waals surface area (Å²) < 4.78 is 5.00. The van der Waals surface area contributed by atoms with Crippen molar-refractivity contribution in [2.75, 3.05) is 33.3 Å². The van der Waals surface area contributed by atoms with Crippen LogP contribution in [0.5, 0.6) is 0 Å². The smallest absolute Gasteiger partial charge is 0.327 e. The molecule has 0 bridgehead atoms. The summed E-state index contributed by atoms with van der Waals surface area (Å²) in [7, 11) is 1.44. The summed E-state index contributed by atoms with van der Waals surface area (Å²) in [5, 5.41) is 10.5. The van der Waals surface area contributed by atoms with Crippen LogP contribution < -0.4 is 5.32 Å². The lowest BCUT2D eigenvalue weighted by molar-refractivity contribution is -0.147. The molecule has 1 aliphatic heterocycles. The molecule has 1 saturated heterocycles. The Bertz CT molecular complexity index is 416. The molecule has 1 unspecified atom stereocenters. The first-order valence-corrected chi connectivity index (χ1v) is 6.69. The van der Waals surface area contributed by atoms with Gasteiger partial charge in [0.15, 0.2) is 0 Å². The summed E-state index contributed by atoms with van der Waals surface area (Å²) in [4.78, 5) is 14.4. The third-order valence-electron chi connectivity index (χ3n) is 3.62. The standard InChI is InChI=1S/C13H22N4O2/c1-9-11(10(2)16-15-9)12(13(18)19-3)17-7-4-5-14-6-8-17/h12,14H,4-8H2,1-3H3,(H,15,16). The first-order valence-electron chi connectivity index (χ1n) is 6.69. The predicted molar refractivity (Wildman–Crippen MR) is 71.9 cm³/mol. The molecular formula is C13H22N4O2. The van der Waals surface area contributed by atoms with Crippen LogP contribution in [-0.4, -0.2) is 54.4 Å². The van der Waals surface area contributed by atoms with Crippen LogP contribution in [0.3, 0.4) is 0 Å². The number of nitrogens with one attached hydrogen (secondary N) is 2. The van der Waals surface area contributed by atoms with Crippen LogP contribution in [0.2, 0.25) is 0 Å². The number of esters is 1. The lowest BCUT2D eigenvalue weighted by Crippen LogP contribution is -2.37. The third-order valence-corrected chi connectivity index (χ3v) is 3.62. The molecule has 0 aromatic carbocycles. The Balaban J connectivity index is 2.32. The summed E-state index contributed by atoms with van der Waals surface area (Å²) in [6.45, 7) is 7.48. The van der Waals surface area contributed by atoms with E-state index in [1.165, 1.54) is 7.11 Å². The molecule has 1 aromatic rings. The van der Waals surface area contributed by atoms with E-state index in [9.17, 15) is 4.79 Å². The number of ether oxygens (including phenoxy) is 1. The van der Waals surface area contributed by atoms with Crippen molar-refractivity contribution in [3.63, 3.8) is 0 Å². The van der Waals surface area contributed by atoms with E-state index in [1.54, 1.807) is 0 Å². The highest BCUT2D eigenvalue weighted by atomic mass is 16.5. The number of H-pyrrole nitrogens is 1. The molecule has 6 nitrogen and oxygen atoms in total. The average molecular weight is 266 g/mol. The Labute approximate surface area is 113 Å². The number of aromatic amines is 1. The molecule has 1 atom stereocenters. The molecule has 0 saturated carbocycles. The van der Waals surface area contributed by atoms with Crippen molar-refractivity contribution in [1.82, 2.24) is 20.4 Å². The quantitative estimate of drug-likeness (QED) is 0.781. The summed E-state index contributed by atoms with van der Waals surface area (Å²) in [6.07, 6.45) is 1.03. The molecule has 106 valence electrons. The van der Waals surface area contributed by atoms with Crippen LogP contribution >= 0.6 is 0 Å². The van der Waals surface area contributed by atoms with Gasteiger partial charge in [0, 0.05) is 30.9 Å². The van der Waals surface area contributed by atoms with Gasteiger partial charge in [0.1, 0.15) is 6.04 Å². The van der Waals surface area contributed by atoms with Gasteiger partial charge in [-0.1, -0.05) is 0 Å². The monoisotopic (exact) mass is 266 g/mol. The molecule has 1 aromatic heterocycles. The van der Waals surface area contributed by atoms with Crippen LogP contribution in [0.1, 0.15) is 29.4 Å². The van der Waals surface area contributed by atoms with Crippen molar-refractivity contribution >= 4 is 5.97 Å². The van der Waals surface area contributed by atoms with Crippen LogP contribution in [0.4, 0.5) is 0 Å². The number of aromatic nitrogens is 2. The summed E-state index contributed by atoms with van der Waals surface area (Å²) in [6, 6.07) is -0.358. The van der Waals surface area contributed by atoms with Gasteiger partial charge in [0.2, 0.25) is 0 Å². The Kier molecular flexibility index (Phi) is 4.55. The van der Waals surface area contributed by atoms with E-state index < -0.39 is 0 Å². The normalized spacial score (nSPS) is 18.9. The molecule has 0 radical (unpaired) electrons. The second kappa shape index (κ2) is 6.16. The maximum atomic E-state index is 12.2. The maximum Gasteiger partial charge on any atom is 0.327 e. The van der Waals surface area contributed by atoms with E-state index in [2.05, 4.69) is 20.4 Å². The van der Waals surface area contributed by atoms with E-state index in [0.29, 0.717) is 0 Å². The Morgan fingerprint density at radius 1 is 1.37 bits per heavy atom. The zero-order chi connectivity index (χ0) is 13.8. The van der Waals surface area contributed by atoms with E-state index >= 15 is 0 Å². The fraction of sp³-hybridized carbons (Fsp3) is 0.692. The third kappa shape index (κ3) is 2.96. The number of hydrogen-bond acceptors (Lipinski definition) is 5. The van der Waals surface area contributed by atoms with Gasteiger partial charge >= 0.3 is 5.97 Å². The van der Waals surface area contributed by atoms with Gasteiger partial charge in [0.25, 0.3) is 0 Å². The minimum atomic E-state index is -0.358. The number of carbonyl (C=O) groups excluding carboxylic acids is 1. The van der Waals surface area contributed by atoms with Gasteiger partial charge in [-0.15, -0.1) is 0 Å². The summed E-state index contributed by atoms with van der Waals surface area (Å²) >= 11 is 0. The second-order valence-corrected chi connectivity index (χ2v) is 4.91. The first-order chi connectivity index (χ1) is 9.15. The SMILES string of the molecule is COC(=O)C(c1c(C)n[nH]c1C)N1CCCNCC1. The molecular weight excluding hydrogens is 244 g/mol. The van der Waals surface area contributed by atoms with Gasteiger partial charge in [-0.2, -0.15) is 5.10 Å². The highest BCUT2D eigenvalue weighted by Crippen LogP contribution is 2.27. The molecule has 2 heterocycles. The van der Waals surface area contributed by atoms with Crippen LogP contribution in [0, 0.1) is 13.8 Å². The fourth-order valence-corrected chi connectivity index (χ4v) is 2.65. The molecule has 0 amide bonds. The number of aryl methyl sites for hydroxylation is 2. The number of rotatable bonds is 3. The maximum absolute atomic E-state index is 12.2. The van der Waals surface area contributed by atoms with E-state index in [1.807, 2.05) is 13.8 Å². The molecule has 2 rings (SSSR count). The van der Waals surface area contributed by atoms with Gasteiger partial charge in [-0.25, -0.2) is 4.79 Å². The van der Waals surface area contributed by atoms with Gasteiger partial charge in [0.05, 0.1) is 12.8 Å². The molecule has 6 heteroatoms. The van der Waals surface area contributed by atoms with Crippen LogP contribution in [0.15, 0.2) is 0 Å². The van der Waals surface area contributed by atoms with Crippen molar-refractivity contribution in [3.8, 4) is 0 Å². The average Bonchev–Trinajstić information content (AvgIpc) is 2.64. The topological polar surface area (TPSA) is 70.2 Å². The van der Waals surface area contributed by atoms with Crippen molar-refractivity contribution in [1.29, 1.82) is 0 Å². The highest BCUT2D eigenvalue weighted by Gasteiger charge is 2.32. The minimum absolute atomic E-state index is 0.213. The van der Waals surface area contributed by atoms with Crippen molar-refractivity contribution in [3.05, 3.63) is 17.0 Å². The Morgan fingerprint density at radius 3 is 2.79 bits per heavy atom. The second-order valence-electron chi connectivity index (χ2n) is 4.91. The molecule has 2 N–H and O–H groups in total. The zero-order valence-corrected chi connectivity index (χ0v) is 11.8.